The van der Waals surface area contributed by atoms with Crippen LogP contribution >= 0.6 is 0 Å². The number of halogens is 1. The fourth-order valence-electron chi connectivity index (χ4n) is 20.7. The number of H-pyrrole nitrogens is 2. The fourth-order valence-corrected chi connectivity index (χ4v) is 20.7. The Labute approximate surface area is 828 Å². The van der Waals surface area contributed by atoms with Crippen molar-refractivity contribution in [3.8, 4) is 5.75 Å². The van der Waals surface area contributed by atoms with Crippen molar-refractivity contribution in [2.45, 2.75) is 337 Å². The maximum Gasteiger partial charge on any atom is 0.227 e. The first-order valence-electron chi connectivity index (χ1n) is 52.9. The molecule has 2 atom stereocenters. The Morgan fingerprint density at radius 1 is 0.388 bits per heavy atom. The van der Waals surface area contributed by atoms with Gasteiger partial charge in [-0.25, -0.2) is 14.4 Å². The van der Waals surface area contributed by atoms with Crippen LogP contribution in [0.5, 0.6) is 5.75 Å². The first-order chi connectivity index (χ1) is 66.1. The van der Waals surface area contributed by atoms with Crippen LogP contribution in [-0.4, -0.2) is 91.6 Å². The van der Waals surface area contributed by atoms with Crippen LogP contribution in [0.2, 0.25) is 0 Å². The van der Waals surface area contributed by atoms with Crippen LogP contribution in [0, 0.1) is 42.3 Å². The van der Waals surface area contributed by atoms with Crippen molar-refractivity contribution in [3.63, 3.8) is 0 Å². The SMILES string of the molecule is CC(C)C1=Cc2cc3c(cc2C1)CCN(C(C)C)CC3.CC(C)C1CCc2cc3c(cc2NC1=O)CCN(C(C)C)CO3.CC(C)c1cc2cc3c(cc2[nH]1)CC(C(C)C)CC3.CC(C)c1cc2cc3c(cc2[nH]1)CN(C(C)C)CC3.CC(C)c1cc2cc3oc(C(C)C)cc3cc2o1.CC(C)c1ccc2nc3cc(C(C)C)ccc3nc2c1.Cc1c(C(C)C)oc2cc3c(F)c(C(C)C)oc3cc12. The monoisotopic (exact) mass is 1880 g/mol. The Morgan fingerprint density at radius 2 is 0.885 bits per heavy atom. The maximum atomic E-state index is 14.3. The summed E-state index contributed by atoms with van der Waals surface area (Å²) >= 11 is 0. The number of anilines is 1. The highest BCUT2D eigenvalue weighted by Crippen LogP contribution is 2.43. The van der Waals surface area contributed by atoms with Crippen LogP contribution < -0.4 is 10.1 Å². The molecule has 15 aromatic rings. The minimum Gasteiger partial charge on any atom is -0.478 e. The predicted octanol–water partition coefficient (Wildman–Crippen LogP) is 33.0. The zero-order chi connectivity index (χ0) is 99.7. The summed E-state index contributed by atoms with van der Waals surface area (Å²) < 4.78 is 43.7. The number of benzene rings is 8. The summed E-state index contributed by atoms with van der Waals surface area (Å²) in [5, 5.41) is 9.67. The highest BCUT2D eigenvalue weighted by Gasteiger charge is 2.31. The zero-order valence-electron chi connectivity index (χ0n) is 89.4. The third-order valence-electron chi connectivity index (χ3n) is 30.3. The number of nitrogens with zero attached hydrogens (tertiary/aromatic N) is 5. The van der Waals surface area contributed by atoms with Crippen LogP contribution in [-0.2, 0) is 62.7 Å². The Hall–Kier alpha value is -10.6. The summed E-state index contributed by atoms with van der Waals surface area (Å²) in [7, 11) is 0. The Kier molecular flexibility index (Phi) is 32.5. The van der Waals surface area contributed by atoms with Gasteiger partial charge in [0.1, 0.15) is 57.9 Å². The van der Waals surface area contributed by atoms with Gasteiger partial charge in [0.25, 0.3) is 0 Å². The molecule has 2 unspecified atom stereocenters. The van der Waals surface area contributed by atoms with Crippen molar-refractivity contribution < 1.29 is 31.6 Å². The van der Waals surface area contributed by atoms with Crippen LogP contribution in [0.25, 0.3) is 93.8 Å². The molecule has 0 saturated heterocycles. The molecular weight excluding hydrogens is 1720 g/mol. The number of allylic oxidation sites excluding steroid dienone is 1. The Balaban J connectivity index is 0.000000123. The molecule has 21 rings (SSSR count). The molecule has 0 bridgehead atoms. The highest BCUT2D eigenvalue weighted by atomic mass is 19.1. The molecule has 3 N–H and O–H groups in total. The quantitative estimate of drug-likeness (QED) is 0.0890. The summed E-state index contributed by atoms with van der Waals surface area (Å²) in [4.78, 5) is 36.6. The van der Waals surface area contributed by atoms with Gasteiger partial charge in [0.05, 0.1) is 27.5 Å². The Morgan fingerprint density at radius 3 is 1.40 bits per heavy atom. The molecule has 0 fully saturated rings. The van der Waals surface area contributed by atoms with Gasteiger partial charge < -0.3 is 42.6 Å². The van der Waals surface area contributed by atoms with Gasteiger partial charge in [-0.2, -0.15) is 0 Å². The molecule has 1 amide bonds. The molecule has 0 radical (unpaired) electrons. The van der Waals surface area contributed by atoms with E-state index < -0.39 is 0 Å². The van der Waals surface area contributed by atoms with E-state index in [-0.39, 0.29) is 23.6 Å². The average Bonchev–Trinajstić information content (AvgIpc) is 1.60. The van der Waals surface area contributed by atoms with Gasteiger partial charge >= 0.3 is 0 Å². The number of fused-ring (bicyclic) bond motifs is 14. The lowest BCUT2D eigenvalue weighted by molar-refractivity contribution is -0.121. The second-order valence-electron chi connectivity index (χ2n) is 45.3. The lowest BCUT2D eigenvalue weighted by Gasteiger charge is -2.31. The van der Waals surface area contributed by atoms with Crippen LogP contribution in [0.15, 0.2) is 157 Å². The summed E-state index contributed by atoms with van der Waals surface area (Å²) in [5.74, 6) is 10.5. The van der Waals surface area contributed by atoms with E-state index in [1.807, 2.05) is 26.8 Å². The van der Waals surface area contributed by atoms with Crippen LogP contribution in [0.1, 0.15) is 361 Å². The molecule has 8 aromatic carbocycles. The van der Waals surface area contributed by atoms with Gasteiger partial charge in [-0.3, -0.25) is 14.6 Å². The molecule has 4 aliphatic heterocycles. The van der Waals surface area contributed by atoms with E-state index in [2.05, 4.69) is 337 Å². The number of furan rings is 4. The minimum absolute atomic E-state index is 0.0287. The van der Waals surface area contributed by atoms with E-state index in [9.17, 15) is 9.18 Å². The first kappa shape index (κ1) is 103. The lowest BCUT2D eigenvalue weighted by Crippen LogP contribution is -2.35. The van der Waals surface area contributed by atoms with Crippen molar-refractivity contribution >= 4 is 105 Å². The van der Waals surface area contributed by atoms with Crippen molar-refractivity contribution in [2.75, 3.05) is 38.2 Å². The van der Waals surface area contributed by atoms with Gasteiger partial charge in [0.2, 0.25) is 5.91 Å². The number of amides is 1. The van der Waals surface area contributed by atoms with Gasteiger partial charge in [-0.05, 0) is 352 Å². The van der Waals surface area contributed by atoms with E-state index in [4.69, 9.17) is 32.4 Å². The van der Waals surface area contributed by atoms with E-state index in [0.717, 1.165) is 133 Å². The number of carbonyl (C=O) groups is 1. The molecule has 14 nitrogen and oxygen atoms in total. The molecule has 15 heteroatoms. The summed E-state index contributed by atoms with van der Waals surface area (Å²) in [6.45, 7) is 69.9. The van der Waals surface area contributed by atoms with Gasteiger partial charge in [0, 0.05) is 125 Å². The molecule has 0 saturated carbocycles. The number of carbonyl (C=O) groups excluding carboxylic acids is 1. The normalized spacial score (nSPS) is 16.4. The minimum atomic E-state index is -0.267. The summed E-state index contributed by atoms with van der Waals surface area (Å²) in [6.07, 6.45) is 13.9. The standard InChI is InChI=1S/C19H28N2O2.C19H27N.C18H20N2.C18H25N.C17H19FO2.C17H24N2.C16H18O2/c1-12(2)16-6-5-14-10-18-15(9-17(14)20-19(16)22)7-8-21(11-23-18)13(3)4;1-13(2)17-11-18-9-15-5-7-20(14(3)4)8-6-16(15)10-19(18)12-17;1-11(2)13-5-7-15-17(9-13)19-16-8-6-14(12(3)4)10-18(16)20-15;1-11(2)13-5-6-14-8-16-10-17(12(3)4)19-18(16)9-15(14)7-13;1-8(2)16-10(5)11-6-14-12(7-13(11)19-16)15(18)17(20-14)9(3)4;1-11(2)16-8-14-7-13-5-6-19(12(3)4)10-15(13)9-17(14)18-16;1-9(2)13-5-11-7-16-12(8-15(11)17-13)6-14(18-16)10(3)4/h9-10,12-13,16H,5-8,11H2,1-4H3,(H,20,22);9-11,13-14H,5-8,12H2,1-4H3;5-12H,1-4H3;8-13,19H,5-7H2,1-4H3;6-9H,1-5H3;7-9,11-12,18H,5-6,10H2,1-4H3;5-10H,1-4H3. The number of aryl methyl sites for hydroxylation is 3. The molecule has 7 aromatic heterocycles. The van der Waals surface area contributed by atoms with Crippen molar-refractivity contribution in [2.24, 2.45) is 29.6 Å². The van der Waals surface area contributed by atoms with Gasteiger partial charge in [-0.1, -0.05) is 188 Å². The van der Waals surface area contributed by atoms with Crippen molar-refractivity contribution in [3.05, 3.63) is 252 Å². The maximum absolute atomic E-state index is 14.3. The number of aromatic nitrogens is 4. The molecule has 6 aliphatic rings. The van der Waals surface area contributed by atoms with Crippen molar-refractivity contribution in [1.29, 1.82) is 0 Å². The summed E-state index contributed by atoms with van der Waals surface area (Å²) in [5.41, 5.74) is 33.6. The highest BCUT2D eigenvalue weighted by molar-refractivity contribution is 5.98. The summed E-state index contributed by atoms with van der Waals surface area (Å²) in [6, 6.07) is 50.1. The van der Waals surface area contributed by atoms with E-state index in [1.165, 1.54) is 131 Å². The topological polar surface area (TPSA) is 158 Å². The number of aromatic amines is 2. The van der Waals surface area contributed by atoms with Crippen LogP contribution in [0.4, 0.5) is 10.1 Å². The number of nitrogens with one attached hydrogen (secondary N) is 3. The largest absolute Gasteiger partial charge is 0.478 e. The molecule has 0 spiro atoms. The zero-order valence-corrected chi connectivity index (χ0v) is 89.4. The number of hydrogen-bond donors (Lipinski definition) is 3. The number of ether oxygens (including phenoxy) is 1. The molecule has 11 heterocycles. The third-order valence-corrected chi connectivity index (χ3v) is 30.3. The number of rotatable bonds is 14. The van der Waals surface area contributed by atoms with E-state index in [1.54, 1.807) is 45.0 Å². The van der Waals surface area contributed by atoms with Gasteiger partial charge in [0.15, 0.2) is 5.82 Å². The second-order valence-corrected chi connectivity index (χ2v) is 45.3. The van der Waals surface area contributed by atoms with E-state index in [0.29, 0.717) is 94.8 Å². The molecule has 740 valence electrons. The average molecular weight is 1880 g/mol. The Bertz CT molecular complexity index is 6520. The predicted molar refractivity (Wildman–Crippen MR) is 582 cm³/mol. The smallest absolute Gasteiger partial charge is 0.227 e. The first-order valence-corrected chi connectivity index (χ1v) is 52.9. The van der Waals surface area contributed by atoms with Crippen LogP contribution in [0.3, 0.4) is 0 Å². The number of hydrogen-bond acceptors (Lipinski definition) is 11. The lowest BCUT2D eigenvalue weighted by atomic mass is 9.78. The third kappa shape index (κ3) is 23.8. The van der Waals surface area contributed by atoms with E-state index >= 15 is 0 Å². The second kappa shape index (κ2) is 43.9. The molecule has 2 aliphatic carbocycles. The molecular formula is C124H161FN8O6. The van der Waals surface area contributed by atoms with Gasteiger partial charge in [-0.15, -0.1) is 0 Å². The van der Waals surface area contributed by atoms with Crippen molar-refractivity contribution in [1.82, 2.24) is 34.6 Å². The fraction of sp³-hybridized carbons (Fsp3) is 0.492. The molecule has 139 heavy (non-hydrogen) atoms.